The molecule has 0 radical (unpaired) electrons. The summed E-state index contributed by atoms with van der Waals surface area (Å²) in [5.74, 6) is -0.176. The van der Waals surface area contributed by atoms with Gasteiger partial charge in [-0.3, -0.25) is 9.59 Å². The zero-order valence-electron chi connectivity index (χ0n) is 40.7. The molecule has 0 saturated carbocycles. The van der Waals surface area contributed by atoms with E-state index in [1.54, 1.807) is 66.7 Å². The number of nitrogens with one attached hydrogen (secondary N) is 2. The minimum absolute atomic E-state index is 0. The zero-order chi connectivity index (χ0) is 50.4. The zero-order valence-corrected chi connectivity index (χ0v) is 45.3. The van der Waals surface area contributed by atoms with Gasteiger partial charge in [0.1, 0.15) is 6.10 Å². The van der Waals surface area contributed by atoms with Gasteiger partial charge >= 0.3 is 0 Å². The average Bonchev–Trinajstić information content (AvgIpc) is 3.24. The number of benzene rings is 5. The summed E-state index contributed by atoms with van der Waals surface area (Å²) in [7, 11) is 0. The van der Waals surface area contributed by atoms with Crippen LogP contribution in [0, 0.1) is 0 Å². The highest BCUT2D eigenvalue weighted by Gasteiger charge is 2.22. The van der Waals surface area contributed by atoms with Crippen molar-refractivity contribution in [2.75, 3.05) is 0 Å². The number of hydrogen-bond donors (Lipinski definition) is 5. The van der Waals surface area contributed by atoms with Crippen molar-refractivity contribution >= 4 is 87.6 Å². The third-order valence-corrected chi connectivity index (χ3v) is 10.5. The summed E-state index contributed by atoms with van der Waals surface area (Å²) in [6, 6.07) is 36.1. The molecule has 5 N–H and O–H groups in total. The number of ketones is 2. The van der Waals surface area contributed by atoms with Crippen LogP contribution in [0.2, 0.25) is 25.1 Å². The van der Waals surface area contributed by atoms with Crippen LogP contribution in [0.4, 0.5) is 0 Å². The van der Waals surface area contributed by atoms with Crippen molar-refractivity contribution < 1.29 is 24.9 Å². The van der Waals surface area contributed by atoms with Gasteiger partial charge in [-0.05, 0) is 159 Å². The van der Waals surface area contributed by atoms with Crippen molar-refractivity contribution in [1.29, 1.82) is 0 Å². The molecule has 0 aromatic heterocycles. The first kappa shape index (κ1) is 63.7. The molecule has 5 aromatic rings. The lowest BCUT2D eigenvalue weighted by molar-refractivity contribution is 0.0779. The lowest BCUT2D eigenvalue weighted by Crippen LogP contribution is -2.44. The van der Waals surface area contributed by atoms with E-state index in [1.165, 1.54) is 24.1 Å². The Bertz CT molecular complexity index is 2200. The van der Waals surface area contributed by atoms with Gasteiger partial charge in [-0.2, -0.15) is 0 Å². The van der Waals surface area contributed by atoms with Crippen molar-refractivity contribution in [2.45, 2.75) is 131 Å². The first-order valence-corrected chi connectivity index (χ1v) is 23.6. The van der Waals surface area contributed by atoms with Crippen molar-refractivity contribution in [3.8, 4) is 0 Å². The van der Waals surface area contributed by atoms with Crippen LogP contribution in [0.15, 0.2) is 127 Å². The SMILES string of the molecule is C/C=C(\C)c1cccc(Cl)c1.CC(NC(C)(C)C)C(O)c1cccc(Cl)c1.CCC(=O)c1cccc(Cl)c1.C[C@@H](NC(C)(C)C)[C@@H](O)c1cccc(Cl)c1.C[C@H](O)C(=O)c1cccc(Cl)c1.Cl. The van der Waals surface area contributed by atoms with Gasteiger partial charge in [-0.1, -0.05) is 132 Å². The first-order chi connectivity index (χ1) is 30.7. The summed E-state index contributed by atoms with van der Waals surface area (Å²) < 4.78 is 0. The lowest BCUT2D eigenvalue weighted by Gasteiger charge is -2.29. The summed E-state index contributed by atoms with van der Waals surface area (Å²) in [5.41, 5.74) is 5.25. The maximum absolute atomic E-state index is 11.2. The van der Waals surface area contributed by atoms with Crippen LogP contribution in [-0.4, -0.2) is 56.2 Å². The van der Waals surface area contributed by atoms with Gasteiger partial charge in [-0.15, -0.1) is 12.4 Å². The van der Waals surface area contributed by atoms with E-state index in [4.69, 9.17) is 63.1 Å². The topological polar surface area (TPSA) is 119 Å². The summed E-state index contributed by atoms with van der Waals surface area (Å²) in [4.78, 5) is 22.3. The van der Waals surface area contributed by atoms with E-state index in [-0.39, 0.29) is 47.1 Å². The largest absolute Gasteiger partial charge is 0.387 e. The summed E-state index contributed by atoms with van der Waals surface area (Å²) in [6.07, 6.45) is 0.547. The highest BCUT2D eigenvalue weighted by Crippen LogP contribution is 2.23. The monoisotopic (exact) mass is 1040 g/mol. The predicted molar refractivity (Wildman–Crippen MR) is 289 cm³/mol. The van der Waals surface area contributed by atoms with Gasteiger partial charge in [0.05, 0.1) is 12.2 Å². The first-order valence-electron chi connectivity index (χ1n) is 21.8. The Balaban J connectivity index is 0.000000817. The summed E-state index contributed by atoms with van der Waals surface area (Å²) >= 11 is 29.0. The lowest BCUT2D eigenvalue weighted by atomic mass is 10.00. The number of allylic oxidation sites excluding steroid dienone is 2. The van der Waals surface area contributed by atoms with Crippen LogP contribution in [0.3, 0.4) is 0 Å². The molecule has 5 atom stereocenters. The number of hydrogen-bond acceptors (Lipinski definition) is 7. The number of Topliss-reactive ketones (excluding diaryl/α,β-unsaturated/α-hetero) is 2. The maximum atomic E-state index is 11.2. The molecule has 0 bridgehead atoms. The van der Waals surface area contributed by atoms with Crippen LogP contribution in [-0.2, 0) is 0 Å². The van der Waals surface area contributed by atoms with E-state index in [0.29, 0.717) is 37.6 Å². The smallest absolute Gasteiger partial charge is 0.191 e. The summed E-state index contributed by atoms with van der Waals surface area (Å²) in [5, 5.41) is 39.2. The van der Waals surface area contributed by atoms with E-state index in [1.807, 2.05) is 70.2 Å². The third kappa shape index (κ3) is 26.9. The number of carbonyl (C=O) groups is 2. The number of aliphatic hydroxyl groups excluding tert-OH is 3. The van der Waals surface area contributed by atoms with Crippen molar-refractivity contribution in [3.05, 3.63) is 180 Å². The molecule has 2 unspecified atom stereocenters. The maximum Gasteiger partial charge on any atom is 0.191 e. The van der Waals surface area contributed by atoms with Crippen LogP contribution >= 0.6 is 70.4 Å². The normalized spacial score (nSPS) is 13.3. The van der Waals surface area contributed by atoms with Crippen molar-refractivity contribution in [3.63, 3.8) is 0 Å². The molecule has 5 rings (SSSR count). The molecule has 0 amide bonds. The number of halogens is 6. The quantitative estimate of drug-likeness (QED) is 0.0836. The highest BCUT2D eigenvalue weighted by atomic mass is 35.5. The van der Waals surface area contributed by atoms with E-state index < -0.39 is 18.3 Å². The molecular weight excluding hydrogens is 969 g/mol. The minimum atomic E-state index is -0.969. The van der Waals surface area contributed by atoms with Crippen LogP contribution in [0.5, 0.6) is 0 Å². The van der Waals surface area contributed by atoms with E-state index in [2.05, 4.69) is 71.2 Å². The van der Waals surface area contributed by atoms with Gasteiger partial charge in [-0.25, -0.2) is 0 Å². The molecule has 5 aromatic carbocycles. The summed E-state index contributed by atoms with van der Waals surface area (Å²) in [6.45, 7) is 23.8. The predicted octanol–water partition coefficient (Wildman–Crippen LogP) is 15.3. The molecule has 13 heteroatoms. The molecular formula is C54H70Cl6N2O5. The fraction of sp³-hybridized carbons (Fsp3) is 0.370. The second kappa shape index (κ2) is 31.8. The van der Waals surface area contributed by atoms with Crippen LogP contribution in [0.25, 0.3) is 5.57 Å². The number of aliphatic hydroxyl groups is 3. The Labute approximate surface area is 431 Å². The molecule has 67 heavy (non-hydrogen) atoms. The molecule has 0 aliphatic rings. The second-order valence-corrected chi connectivity index (χ2v) is 19.9. The fourth-order valence-corrected chi connectivity index (χ4v) is 7.10. The number of carbonyl (C=O) groups excluding carboxylic acids is 2. The molecule has 0 spiro atoms. The second-order valence-electron chi connectivity index (χ2n) is 17.7. The average molecular weight is 1040 g/mol. The highest BCUT2D eigenvalue weighted by molar-refractivity contribution is 6.32. The molecule has 0 saturated heterocycles. The fourth-order valence-electron chi connectivity index (χ4n) is 6.13. The molecule has 0 fully saturated rings. The molecule has 7 nitrogen and oxygen atoms in total. The van der Waals surface area contributed by atoms with Gasteiger partial charge in [0, 0.05) is 65.8 Å². The standard InChI is InChI=1S/2C13H20ClNO.C10H11Cl.C9H9ClO2.C9H9ClO.ClH/c2*1-9(15-13(2,3)4)12(16)10-6-5-7-11(14)8-10;1-3-8(2)9-5-4-6-10(11)7-9;1-6(11)9(12)7-3-2-4-8(10)5-7;1-2-9(11)7-4-3-5-8(10)6-7;/h2*5-9,12,15-16H,1-4H3;3-7H,1-2H3;2-6,11H,1H3;3-6H,2H2,1H3;1H/b;;8-3+;;;/t9-,12-;;;6-;;/m1..0../s1. The third-order valence-electron chi connectivity index (χ3n) is 9.32. The molecule has 368 valence electrons. The Morgan fingerprint density at radius 2 is 0.866 bits per heavy atom. The van der Waals surface area contributed by atoms with E-state index in [9.17, 15) is 19.8 Å². The van der Waals surface area contributed by atoms with Crippen molar-refractivity contribution in [2.24, 2.45) is 0 Å². The Morgan fingerprint density at radius 1 is 0.552 bits per heavy atom. The van der Waals surface area contributed by atoms with Gasteiger partial charge in [0.25, 0.3) is 0 Å². The van der Waals surface area contributed by atoms with Crippen molar-refractivity contribution in [1.82, 2.24) is 10.6 Å². The molecule has 0 heterocycles. The minimum Gasteiger partial charge on any atom is -0.387 e. The molecule has 0 aliphatic heterocycles. The Kier molecular flexibility index (Phi) is 30.2. The molecule has 0 aliphatic carbocycles. The number of rotatable bonds is 11. The van der Waals surface area contributed by atoms with E-state index in [0.717, 1.165) is 16.1 Å². The van der Waals surface area contributed by atoms with Gasteiger partial charge < -0.3 is 26.0 Å². The van der Waals surface area contributed by atoms with Crippen LogP contribution in [0.1, 0.15) is 139 Å². The van der Waals surface area contributed by atoms with E-state index >= 15 is 0 Å². The van der Waals surface area contributed by atoms with Crippen LogP contribution < -0.4 is 10.6 Å². The van der Waals surface area contributed by atoms with Gasteiger partial charge in [0.15, 0.2) is 11.6 Å². The Hall–Kier alpha value is -3.28. The van der Waals surface area contributed by atoms with Gasteiger partial charge in [0.2, 0.25) is 0 Å². The Morgan fingerprint density at radius 3 is 1.18 bits per heavy atom.